The average molecular weight is 218 g/mol. The zero-order valence-corrected chi connectivity index (χ0v) is 10.0. The van der Waals surface area contributed by atoms with E-state index in [-0.39, 0.29) is 0 Å². The highest BCUT2D eigenvalue weighted by molar-refractivity contribution is 7.13. The lowest BCUT2D eigenvalue weighted by molar-refractivity contribution is 0.833. The van der Waals surface area contributed by atoms with Crippen molar-refractivity contribution in [2.45, 2.75) is 26.7 Å². The van der Waals surface area contributed by atoms with Gasteiger partial charge in [-0.2, -0.15) is 0 Å². The predicted octanol–water partition coefficient (Wildman–Crippen LogP) is 3.64. The molecule has 0 radical (unpaired) electrons. The van der Waals surface area contributed by atoms with Crippen molar-refractivity contribution in [3.63, 3.8) is 0 Å². The molecule has 0 aromatic carbocycles. The van der Waals surface area contributed by atoms with E-state index < -0.39 is 0 Å². The molecule has 0 N–H and O–H groups in total. The predicted molar refractivity (Wildman–Crippen MR) is 64.2 cm³/mol. The summed E-state index contributed by atoms with van der Waals surface area (Å²) in [5.74, 6) is 0.485. The van der Waals surface area contributed by atoms with E-state index in [4.69, 9.17) is 0 Å². The Balaban J connectivity index is 2.42. The highest BCUT2D eigenvalue weighted by Gasteiger charge is 2.09. The number of aromatic nitrogens is 2. The van der Waals surface area contributed by atoms with Gasteiger partial charge in [-0.1, -0.05) is 19.9 Å². The minimum absolute atomic E-state index is 0.485. The van der Waals surface area contributed by atoms with Crippen LogP contribution < -0.4 is 0 Å². The highest BCUT2D eigenvalue weighted by Crippen LogP contribution is 2.27. The Bertz CT molecular complexity index is 460. The number of aryl methyl sites for hydroxylation is 1. The SMILES string of the molecule is Cc1cccnc1-c1nc(C(C)C)cs1. The summed E-state index contributed by atoms with van der Waals surface area (Å²) >= 11 is 1.67. The van der Waals surface area contributed by atoms with E-state index >= 15 is 0 Å². The van der Waals surface area contributed by atoms with Gasteiger partial charge in [-0.3, -0.25) is 4.98 Å². The molecule has 2 aromatic rings. The maximum atomic E-state index is 4.60. The molecule has 0 aliphatic rings. The van der Waals surface area contributed by atoms with Crippen LogP contribution in [-0.2, 0) is 0 Å². The van der Waals surface area contributed by atoms with Crippen molar-refractivity contribution in [3.05, 3.63) is 35.0 Å². The van der Waals surface area contributed by atoms with Crippen LogP contribution in [0.25, 0.3) is 10.7 Å². The molecule has 3 heteroatoms. The summed E-state index contributed by atoms with van der Waals surface area (Å²) in [5, 5.41) is 3.14. The van der Waals surface area contributed by atoms with Crippen molar-refractivity contribution in [2.24, 2.45) is 0 Å². The second kappa shape index (κ2) is 4.11. The van der Waals surface area contributed by atoms with Crippen LogP contribution in [-0.4, -0.2) is 9.97 Å². The monoisotopic (exact) mass is 218 g/mol. The van der Waals surface area contributed by atoms with Gasteiger partial charge in [0.05, 0.1) is 5.69 Å². The lowest BCUT2D eigenvalue weighted by Crippen LogP contribution is -1.89. The third kappa shape index (κ3) is 2.07. The molecular formula is C12H14N2S. The Morgan fingerprint density at radius 1 is 1.33 bits per heavy atom. The molecule has 2 heterocycles. The molecule has 0 aliphatic heterocycles. The van der Waals surface area contributed by atoms with E-state index in [0.29, 0.717) is 5.92 Å². The molecule has 78 valence electrons. The summed E-state index contributed by atoms with van der Waals surface area (Å²) in [6.45, 7) is 6.38. The average Bonchev–Trinajstić information content (AvgIpc) is 2.67. The zero-order chi connectivity index (χ0) is 10.8. The van der Waals surface area contributed by atoms with Crippen LogP contribution in [0.1, 0.15) is 31.0 Å². The van der Waals surface area contributed by atoms with Gasteiger partial charge in [0.2, 0.25) is 0 Å². The van der Waals surface area contributed by atoms with Crippen molar-refractivity contribution < 1.29 is 0 Å². The Kier molecular flexibility index (Phi) is 2.82. The number of rotatable bonds is 2. The maximum Gasteiger partial charge on any atom is 0.142 e. The summed E-state index contributed by atoms with van der Waals surface area (Å²) in [6, 6.07) is 4.02. The molecule has 2 rings (SSSR count). The fraction of sp³-hybridized carbons (Fsp3) is 0.333. The third-order valence-corrected chi connectivity index (χ3v) is 3.19. The van der Waals surface area contributed by atoms with Crippen LogP contribution >= 0.6 is 11.3 Å². The van der Waals surface area contributed by atoms with Crippen LogP contribution in [0, 0.1) is 6.92 Å². The summed E-state index contributed by atoms with van der Waals surface area (Å²) in [6.07, 6.45) is 1.82. The van der Waals surface area contributed by atoms with Crippen molar-refractivity contribution in [3.8, 4) is 10.7 Å². The smallest absolute Gasteiger partial charge is 0.142 e. The van der Waals surface area contributed by atoms with Crippen LogP contribution in [0.15, 0.2) is 23.7 Å². The second-order valence-corrected chi connectivity index (χ2v) is 4.76. The first-order valence-electron chi connectivity index (χ1n) is 5.06. The van der Waals surface area contributed by atoms with Crippen LogP contribution in [0.2, 0.25) is 0 Å². The van der Waals surface area contributed by atoms with Gasteiger partial charge in [0.15, 0.2) is 0 Å². The fourth-order valence-corrected chi connectivity index (χ4v) is 2.41. The van der Waals surface area contributed by atoms with Crippen LogP contribution in [0.4, 0.5) is 0 Å². The van der Waals surface area contributed by atoms with Gasteiger partial charge in [0.25, 0.3) is 0 Å². The molecule has 0 atom stereocenters. The van der Waals surface area contributed by atoms with Crippen molar-refractivity contribution in [1.82, 2.24) is 9.97 Å². The quantitative estimate of drug-likeness (QED) is 0.769. The van der Waals surface area contributed by atoms with Gasteiger partial charge < -0.3 is 0 Å². The molecule has 0 unspecified atom stereocenters. The number of thiazole rings is 1. The van der Waals surface area contributed by atoms with Crippen molar-refractivity contribution >= 4 is 11.3 Å². The topological polar surface area (TPSA) is 25.8 Å². The third-order valence-electron chi connectivity index (χ3n) is 2.33. The molecular weight excluding hydrogens is 204 g/mol. The molecule has 15 heavy (non-hydrogen) atoms. The molecule has 2 aromatic heterocycles. The van der Waals surface area contributed by atoms with E-state index in [1.165, 1.54) is 5.56 Å². The number of pyridine rings is 1. The summed E-state index contributed by atoms with van der Waals surface area (Å²) < 4.78 is 0. The molecule has 0 saturated heterocycles. The minimum Gasteiger partial charge on any atom is -0.253 e. The highest BCUT2D eigenvalue weighted by atomic mass is 32.1. The van der Waals surface area contributed by atoms with Gasteiger partial charge in [0.1, 0.15) is 10.7 Å². The molecule has 0 bridgehead atoms. The molecule has 0 spiro atoms. The molecule has 0 aliphatic carbocycles. The first kappa shape index (κ1) is 10.3. The Morgan fingerprint density at radius 3 is 2.73 bits per heavy atom. The van der Waals surface area contributed by atoms with E-state index in [0.717, 1.165) is 16.4 Å². The number of hydrogen-bond donors (Lipinski definition) is 0. The molecule has 2 nitrogen and oxygen atoms in total. The fourth-order valence-electron chi connectivity index (χ4n) is 1.37. The van der Waals surface area contributed by atoms with E-state index in [9.17, 15) is 0 Å². The Morgan fingerprint density at radius 2 is 2.13 bits per heavy atom. The zero-order valence-electron chi connectivity index (χ0n) is 9.19. The Hall–Kier alpha value is -1.22. The van der Waals surface area contributed by atoms with Gasteiger partial charge in [-0.25, -0.2) is 4.98 Å². The first-order chi connectivity index (χ1) is 7.18. The molecule has 0 fully saturated rings. The summed E-state index contributed by atoms with van der Waals surface area (Å²) in [4.78, 5) is 8.97. The van der Waals surface area contributed by atoms with E-state index in [1.54, 1.807) is 11.3 Å². The number of hydrogen-bond acceptors (Lipinski definition) is 3. The maximum absolute atomic E-state index is 4.60. The van der Waals surface area contributed by atoms with E-state index in [1.807, 2.05) is 12.3 Å². The van der Waals surface area contributed by atoms with Crippen LogP contribution in [0.3, 0.4) is 0 Å². The van der Waals surface area contributed by atoms with Gasteiger partial charge in [-0.05, 0) is 24.5 Å². The van der Waals surface area contributed by atoms with E-state index in [2.05, 4.69) is 42.2 Å². The van der Waals surface area contributed by atoms with Gasteiger partial charge in [0, 0.05) is 11.6 Å². The normalized spacial score (nSPS) is 10.9. The second-order valence-electron chi connectivity index (χ2n) is 3.90. The first-order valence-corrected chi connectivity index (χ1v) is 5.94. The lowest BCUT2D eigenvalue weighted by Gasteiger charge is -2.00. The van der Waals surface area contributed by atoms with Gasteiger partial charge in [-0.15, -0.1) is 11.3 Å². The lowest BCUT2D eigenvalue weighted by atomic mass is 10.2. The van der Waals surface area contributed by atoms with Gasteiger partial charge >= 0.3 is 0 Å². The van der Waals surface area contributed by atoms with Crippen LogP contribution in [0.5, 0.6) is 0 Å². The number of nitrogens with zero attached hydrogens (tertiary/aromatic N) is 2. The molecule has 0 amide bonds. The summed E-state index contributed by atoms with van der Waals surface area (Å²) in [5.41, 5.74) is 3.34. The summed E-state index contributed by atoms with van der Waals surface area (Å²) in [7, 11) is 0. The molecule has 0 saturated carbocycles. The largest absolute Gasteiger partial charge is 0.253 e. The Labute approximate surface area is 94.0 Å². The minimum atomic E-state index is 0.485. The van der Waals surface area contributed by atoms with Crippen molar-refractivity contribution in [2.75, 3.05) is 0 Å². The van der Waals surface area contributed by atoms with Crippen molar-refractivity contribution in [1.29, 1.82) is 0 Å². The standard InChI is InChI=1S/C12H14N2S/c1-8(2)10-7-15-12(14-10)11-9(3)5-4-6-13-11/h4-8H,1-3H3.